The van der Waals surface area contributed by atoms with Gasteiger partial charge in [0.05, 0.1) is 11.4 Å². The fourth-order valence-corrected chi connectivity index (χ4v) is 10.4. The third-order valence-electron chi connectivity index (χ3n) is 11.8. The minimum absolute atomic E-state index is 0.853. The Morgan fingerprint density at radius 2 is 1.02 bits per heavy atom. The number of nitrogens with zero attached hydrogens (tertiary/aromatic N) is 1. The van der Waals surface area contributed by atoms with Gasteiger partial charge in [0.25, 0.3) is 0 Å². The van der Waals surface area contributed by atoms with Gasteiger partial charge < -0.3 is 9.32 Å². The van der Waals surface area contributed by atoms with Gasteiger partial charge in [-0.1, -0.05) is 170 Å². The van der Waals surface area contributed by atoms with Crippen LogP contribution in [0.2, 0.25) is 0 Å². The molecule has 276 valence electrons. The van der Waals surface area contributed by atoms with Crippen LogP contribution in [0.1, 0.15) is 0 Å². The summed E-state index contributed by atoms with van der Waals surface area (Å²) in [5, 5.41) is 9.75. The summed E-state index contributed by atoms with van der Waals surface area (Å²) in [7, 11) is 0. The molecule has 0 amide bonds. The molecule has 0 radical (unpaired) electrons. The largest absolute Gasteiger partial charge is 0.454 e. The molecule has 0 saturated heterocycles. The quantitative estimate of drug-likeness (QED) is 0.157. The number of hydrogen-bond donors (Lipinski definition) is 0. The number of hydrogen-bond acceptors (Lipinski definition) is 3. The van der Waals surface area contributed by atoms with Gasteiger partial charge in [0, 0.05) is 42.2 Å². The highest BCUT2D eigenvalue weighted by Gasteiger charge is 2.24. The van der Waals surface area contributed by atoms with Crippen molar-refractivity contribution in [3.8, 4) is 33.4 Å². The minimum Gasteiger partial charge on any atom is -0.454 e. The summed E-state index contributed by atoms with van der Waals surface area (Å²) < 4.78 is 9.44. The van der Waals surface area contributed by atoms with E-state index < -0.39 is 0 Å². The lowest BCUT2D eigenvalue weighted by molar-refractivity contribution is 0.669. The average Bonchev–Trinajstić information content (AvgIpc) is 3.89. The van der Waals surface area contributed by atoms with Gasteiger partial charge in [-0.25, -0.2) is 0 Å². The molecule has 0 aliphatic heterocycles. The van der Waals surface area contributed by atoms with E-state index in [9.17, 15) is 0 Å². The van der Waals surface area contributed by atoms with E-state index in [1.54, 1.807) is 0 Å². The molecular weight excluding hydrogens is 735 g/mol. The van der Waals surface area contributed by atoms with Gasteiger partial charge in [0.2, 0.25) is 0 Å². The van der Waals surface area contributed by atoms with Crippen molar-refractivity contribution in [2.45, 2.75) is 0 Å². The summed E-state index contributed by atoms with van der Waals surface area (Å²) in [6, 6.07) is 77.0. The molecule has 12 rings (SSSR count). The van der Waals surface area contributed by atoms with Crippen LogP contribution >= 0.6 is 11.3 Å². The molecule has 0 aliphatic carbocycles. The van der Waals surface area contributed by atoms with E-state index in [4.69, 9.17) is 4.42 Å². The van der Waals surface area contributed by atoms with Crippen molar-refractivity contribution in [3.63, 3.8) is 0 Å². The average molecular weight is 770 g/mol. The maximum atomic E-state index is 6.84. The van der Waals surface area contributed by atoms with E-state index in [1.165, 1.54) is 58.4 Å². The molecule has 0 unspecified atom stereocenters. The lowest BCUT2D eigenvalue weighted by atomic mass is 9.91. The zero-order valence-corrected chi connectivity index (χ0v) is 32.8. The van der Waals surface area contributed by atoms with E-state index >= 15 is 0 Å². The molecular formula is C56H35NOS. The van der Waals surface area contributed by atoms with Crippen LogP contribution in [0.3, 0.4) is 0 Å². The summed E-state index contributed by atoms with van der Waals surface area (Å²) in [6.45, 7) is 0. The van der Waals surface area contributed by atoms with Crippen LogP contribution in [0.15, 0.2) is 217 Å². The lowest BCUT2D eigenvalue weighted by Crippen LogP contribution is -2.12. The third kappa shape index (κ3) is 5.47. The predicted octanol–water partition coefficient (Wildman–Crippen LogP) is 16.7. The molecule has 10 aromatic carbocycles. The molecule has 2 aromatic heterocycles. The standard InChI is InChI=1S/C56H35NOS/c1-2-15-36(16-3-1)42-32-31-39(50-34-38-17-4-5-20-41(38)44-21-6-7-22-45(44)50)35-52(42)57(51-28-14-26-48-46-23-8-10-29-53(46)58-55(48)51)40-19-12-18-37(33-40)43-25-13-27-49-47-24-9-11-30-54(47)59-56(43)49/h1-35H. The number of thiophene rings is 1. The minimum atomic E-state index is 0.853. The molecule has 0 spiro atoms. The normalized spacial score (nSPS) is 11.7. The SMILES string of the molecule is c1ccc(-c2ccc(-c3cc4ccccc4c4ccccc34)cc2N(c2cccc(-c3cccc4c3sc3ccccc34)c2)c2cccc3c2oc2ccccc23)cc1. The Balaban J connectivity index is 1.16. The molecule has 0 aliphatic rings. The Labute approximate surface area is 345 Å². The summed E-state index contributed by atoms with van der Waals surface area (Å²) in [5.41, 5.74) is 11.8. The third-order valence-corrected chi connectivity index (χ3v) is 13.1. The van der Waals surface area contributed by atoms with Crippen LogP contribution in [-0.4, -0.2) is 0 Å². The first kappa shape index (κ1) is 33.7. The van der Waals surface area contributed by atoms with Crippen molar-refractivity contribution >= 4 is 92.1 Å². The summed E-state index contributed by atoms with van der Waals surface area (Å²) in [5.74, 6) is 0. The van der Waals surface area contributed by atoms with Crippen molar-refractivity contribution in [1.82, 2.24) is 0 Å². The van der Waals surface area contributed by atoms with E-state index in [1.807, 2.05) is 17.4 Å². The second-order valence-electron chi connectivity index (χ2n) is 15.2. The molecule has 12 aromatic rings. The lowest BCUT2D eigenvalue weighted by Gasteiger charge is -2.29. The molecule has 0 N–H and O–H groups in total. The first-order chi connectivity index (χ1) is 29.3. The molecule has 3 heteroatoms. The van der Waals surface area contributed by atoms with Crippen LogP contribution in [0.25, 0.3) is 97.0 Å². The van der Waals surface area contributed by atoms with Crippen LogP contribution in [-0.2, 0) is 0 Å². The molecule has 59 heavy (non-hydrogen) atoms. The Morgan fingerprint density at radius 3 is 1.92 bits per heavy atom. The first-order valence-corrected chi connectivity index (χ1v) is 20.9. The number of furan rings is 1. The van der Waals surface area contributed by atoms with E-state index in [-0.39, 0.29) is 0 Å². The second kappa shape index (κ2) is 13.6. The van der Waals surface area contributed by atoms with Gasteiger partial charge in [-0.05, 0) is 91.8 Å². The maximum absolute atomic E-state index is 6.84. The predicted molar refractivity (Wildman–Crippen MR) is 253 cm³/mol. The zero-order chi connectivity index (χ0) is 38.9. The molecule has 2 heterocycles. The number of para-hydroxylation sites is 2. The van der Waals surface area contributed by atoms with E-state index in [2.05, 4.69) is 211 Å². The Kier molecular flexibility index (Phi) is 7.75. The van der Waals surface area contributed by atoms with Crippen molar-refractivity contribution in [3.05, 3.63) is 212 Å². The van der Waals surface area contributed by atoms with E-state index in [0.717, 1.165) is 55.7 Å². The van der Waals surface area contributed by atoms with E-state index in [0.29, 0.717) is 0 Å². The van der Waals surface area contributed by atoms with Gasteiger partial charge >= 0.3 is 0 Å². The molecule has 0 saturated carbocycles. The van der Waals surface area contributed by atoms with Gasteiger partial charge in [0.1, 0.15) is 5.58 Å². The van der Waals surface area contributed by atoms with Gasteiger partial charge in [-0.2, -0.15) is 0 Å². The highest BCUT2D eigenvalue weighted by molar-refractivity contribution is 7.26. The highest BCUT2D eigenvalue weighted by Crippen LogP contribution is 2.49. The Morgan fingerprint density at radius 1 is 0.356 bits per heavy atom. The van der Waals surface area contributed by atoms with Crippen LogP contribution in [0, 0.1) is 0 Å². The fourth-order valence-electron chi connectivity index (χ4n) is 9.14. The topological polar surface area (TPSA) is 16.4 Å². The zero-order valence-electron chi connectivity index (χ0n) is 32.0. The molecule has 0 atom stereocenters. The maximum Gasteiger partial charge on any atom is 0.159 e. The number of anilines is 3. The molecule has 2 nitrogen and oxygen atoms in total. The van der Waals surface area contributed by atoms with Crippen molar-refractivity contribution < 1.29 is 4.42 Å². The van der Waals surface area contributed by atoms with Gasteiger partial charge in [-0.3, -0.25) is 0 Å². The van der Waals surface area contributed by atoms with Gasteiger partial charge in [-0.15, -0.1) is 11.3 Å². The van der Waals surface area contributed by atoms with Crippen LogP contribution in [0.4, 0.5) is 17.1 Å². The number of rotatable bonds is 6. The molecule has 0 fully saturated rings. The van der Waals surface area contributed by atoms with Crippen LogP contribution in [0.5, 0.6) is 0 Å². The fraction of sp³-hybridized carbons (Fsp3) is 0. The van der Waals surface area contributed by atoms with Gasteiger partial charge in [0.15, 0.2) is 5.58 Å². The van der Waals surface area contributed by atoms with Crippen molar-refractivity contribution in [2.24, 2.45) is 0 Å². The van der Waals surface area contributed by atoms with Crippen molar-refractivity contribution in [2.75, 3.05) is 4.90 Å². The van der Waals surface area contributed by atoms with Crippen molar-refractivity contribution in [1.29, 1.82) is 0 Å². The first-order valence-electron chi connectivity index (χ1n) is 20.1. The monoisotopic (exact) mass is 769 g/mol. The molecule has 0 bridgehead atoms. The Bertz CT molecular complexity index is 3580. The summed E-state index contributed by atoms with van der Waals surface area (Å²) >= 11 is 1.87. The Hall–Kier alpha value is -7.46. The smallest absolute Gasteiger partial charge is 0.159 e. The van der Waals surface area contributed by atoms with Crippen LogP contribution < -0.4 is 4.90 Å². The summed E-state index contributed by atoms with van der Waals surface area (Å²) in [6.07, 6.45) is 0. The second-order valence-corrected chi connectivity index (χ2v) is 16.3. The summed E-state index contributed by atoms with van der Waals surface area (Å²) in [4.78, 5) is 2.42. The number of benzene rings is 10. The highest BCUT2D eigenvalue weighted by atomic mass is 32.1. The number of fused-ring (bicyclic) bond motifs is 9.